The molecule has 0 bridgehead atoms. The lowest BCUT2D eigenvalue weighted by molar-refractivity contribution is 0.458. The highest BCUT2D eigenvalue weighted by Crippen LogP contribution is 2.31. The van der Waals surface area contributed by atoms with Crippen LogP contribution in [-0.4, -0.2) is 5.16 Å². The van der Waals surface area contributed by atoms with Gasteiger partial charge in [-0.25, -0.2) is 0 Å². The van der Waals surface area contributed by atoms with Gasteiger partial charge in [0, 0.05) is 14.7 Å². The van der Waals surface area contributed by atoms with E-state index in [-0.39, 0.29) is 0 Å². The van der Waals surface area contributed by atoms with Gasteiger partial charge in [0.1, 0.15) is 5.69 Å². The first-order valence-corrected chi connectivity index (χ1v) is 6.45. The number of rotatable bonds is 1. The Bertz CT molecular complexity index is 673. The fourth-order valence-corrected chi connectivity index (χ4v) is 2.34. The molecular formula is C14H10INO. The van der Waals surface area contributed by atoms with Crippen LogP contribution in [0, 0.1) is 10.5 Å². The summed E-state index contributed by atoms with van der Waals surface area (Å²) in [5, 5.41) is 5.27. The molecule has 0 amide bonds. The van der Waals surface area contributed by atoms with Crippen molar-refractivity contribution in [2.75, 3.05) is 0 Å². The first-order valence-electron chi connectivity index (χ1n) is 5.37. The molecular weight excluding hydrogens is 325 g/mol. The van der Waals surface area contributed by atoms with Crippen LogP contribution in [0.4, 0.5) is 0 Å². The lowest BCUT2D eigenvalue weighted by Crippen LogP contribution is -1.81. The van der Waals surface area contributed by atoms with Crippen molar-refractivity contribution in [1.82, 2.24) is 5.16 Å². The molecule has 0 N–H and O–H groups in total. The number of fused-ring (bicyclic) bond motifs is 1. The van der Waals surface area contributed by atoms with Gasteiger partial charge in [-0.3, -0.25) is 0 Å². The van der Waals surface area contributed by atoms with Gasteiger partial charge < -0.3 is 4.52 Å². The third kappa shape index (κ3) is 1.74. The van der Waals surface area contributed by atoms with E-state index in [0.717, 1.165) is 27.8 Å². The van der Waals surface area contributed by atoms with E-state index in [1.807, 2.05) is 30.3 Å². The lowest BCUT2D eigenvalue weighted by atomic mass is 10.1. The average molecular weight is 335 g/mol. The number of hydrogen-bond donors (Lipinski definition) is 0. The SMILES string of the molecule is Cc1c(I)ccc2c(-c3ccccc3)noc12. The number of aryl methyl sites for hydroxylation is 1. The van der Waals surface area contributed by atoms with Gasteiger partial charge in [-0.1, -0.05) is 35.5 Å². The fraction of sp³-hybridized carbons (Fsp3) is 0.0714. The van der Waals surface area contributed by atoms with Crippen molar-refractivity contribution in [3.63, 3.8) is 0 Å². The van der Waals surface area contributed by atoms with Crippen LogP contribution in [0.1, 0.15) is 5.56 Å². The molecule has 1 heterocycles. The minimum Gasteiger partial charge on any atom is -0.355 e. The molecule has 0 aliphatic heterocycles. The van der Waals surface area contributed by atoms with E-state index in [1.165, 1.54) is 3.57 Å². The molecule has 2 aromatic carbocycles. The van der Waals surface area contributed by atoms with E-state index < -0.39 is 0 Å². The van der Waals surface area contributed by atoms with Crippen LogP contribution in [0.5, 0.6) is 0 Å². The van der Waals surface area contributed by atoms with Crippen molar-refractivity contribution in [3.8, 4) is 11.3 Å². The second kappa shape index (κ2) is 4.14. The van der Waals surface area contributed by atoms with Crippen molar-refractivity contribution < 1.29 is 4.52 Å². The maximum Gasteiger partial charge on any atom is 0.171 e. The largest absolute Gasteiger partial charge is 0.355 e. The van der Waals surface area contributed by atoms with Gasteiger partial charge in [0.15, 0.2) is 5.58 Å². The summed E-state index contributed by atoms with van der Waals surface area (Å²) in [4.78, 5) is 0. The molecule has 0 radical (unpaired) electrons. The molecule has 0 saturated heterocycles. The zero-order chi connectivity index (χ0) is 11.8. The number of aromatic nitrogens is 1. The third-order valence-electron chi connectivity index (χ3n) is 2.87. The highest BCUT2D eigenvalue weighted by atomic mass is 127. The van der Waals surface area contributed by atoms with Gasteiger partial charge in [-0.15, -0.1) is 0 Å². The molecule has 0 aliphatic rings. The zero-order valence-corrected chi connectivity index (χ0v) is 11.4. The van der Waals surface area contributed by atoms with E-state index in [2.05, 4.69) is 46.8 Å². The Kier molecular flexibility index (Phi) is 2.63. The van der Waals surface area contributed by atoms with E-state index in [9.17, 15) is 0 Å². The highest BCUT2D eigenvalue weighted by Gasteiger charge is 2.12. The summed E-state index contributed by atoms with van der Waals surface area (Å²) in [7, 11) is 0. The quantitative estimate of drug-likeness (QED) is 0.616. The van der Waals surface area contributed by atoms with Gasteiger partial charge in [-0.2, -0.15) is 0 Å². The topological polar surface area (TPSA) is 26.0 Å². The van der Waals surface area contributed by atoms with E-state index in [4.69, 9.17) is 4.52 Å². The van der Waals surface area contributed by atoms with Gasteiger partial charge in [0.25, 0.3) is 0 Å². The number of halogens is 1. The molecule has 0 atom stereocenters. The van der Waals surface area contributed by atoms with Crippen molar-refractivity contribution in [1.29, 1.82) is 0 Å². The summed E-state index contributed by atoms with van der Waals surface area (Å²) in [6.45, 7) is 2.06. The predicted octanol–water partition coefficient (Wildman–Crippen LogP) is 4.41. The second-order valence-corrected chi connectivity index (χ2v) is 5.11. The summed E-state index contributed by atoms with van der Waals surface area (Å²) in [6.07, 6.45) is 0. The Morgan fingerprint density at radius 1 is 1.06 bits per heavy atom. The van der Waals surface area contributed by atoms with Gasteiger partial charge in [-0.05, 0) is 41.6 Å². The maximum atomic E-state index is 5.46. The summed E-state index contributed by atoms with van der Waals surface area (Å²) >= 11 is 2.31. The number of benzene rings is 2. The van der Waals surface area contributed by atoms with Crippen LogP contribution >= 0.6 is 22.6 Å². The van der Waals surface area contributed by atoms with Crippen LogP contribution < -0.4 is 0 Å². The molecule has 1 aromatic heterocycles. The van der Waals surface area contributed by atoms with Crippen LogP contribution in [0.25, 0.3) is 22.2 Å². The molecule has 0 fully saturated rings. The van der Waals surface area contributed by atoms with Gasteiger partial charge in [0.05, 0.1) is 5.39 Å². The minimum absolute atomic E-state index is 0.885. The summed E-state index contributed by atoms with van der Waals surface area (Å²) in [6, 6.07) is 14.3. The molecule has 3 aromatic rings. The molecule has 2 nitrogen and oxygen atoms in total. The normalized spacial score (nSPS) is 10.9. The lowest BCUT2D eigenvalue weighted by Gasteiger charge is -1.98. The van der Waals surface area contributed by atoms with Gasteiger partial charge >= 0.3 is 0 Å². The Balaban J connectivity index is 2.30. The molecule has 3 heteroatoms. The van der Waals surface area contributed by atoms with E-state index in [1.54, 1.807) is 0 Å². The van der Waals surface area contributed by atoms with E-state index in [0.29, 0.717) is 0 Å². The Hall–Kier alpha value is -1.36. The molecule has 17 heavy (non-hydrogen) atoms. The highest BCUT2D eigenvalue weighted by molar-refractivity contribution is 14.1. The molecule has 0 aliphatic carbocycles. The monoisotopic (exact) mass is 335 g/mol. The summed E-state index contributed by atoms with van der Waals surface area (Å²) < 4.78 is 6.66. The fourth-order valence-electron chi connectivity index (χ4n) is 1.92. The van der Waals surface area contributed by atoms with E-state index >= 15 is 0 Å². The first-order chi connectivity index (χ1) is 8.27. The van der Waals surface area contributed by atoms with Crippen LogP contribution in [-0.2, 0) is 0 Å². The molecule has 0 spiro atoms. The first kappa shape index (κ1) is 10.8. The molecule has 84 valence electrons. The van der Waals surface area contributed by atoms with Crippen LogP contribution in [0.3, 0.4) is 0 Å². The Morgan fingerprint density at radius 2 is 1.82 bits per heavy atom. The molecule has 0 unspecified atom stereocenters. The maximum absolute atomic E-state index is 5.46. The summed E-state index contributed by atoms with van der Waals surface area (Å²) in [5.74, 6) is 0. The number of nitrogens with zero attached hydrogens (tertiary/aromatic N) is 1. The Morgan fingerprint density at radius 3 is 2.59 bits per heavy atom. The van der Waals surface area contributed by atoms with Crippen LogP contribution in [0.15, 0.2) is 47.0 Å². The van der Waals surface area contributed by atoms with Crippen molar-refractivity contribution in [2.45, 2.75) is 6.92 Å². The van der Waals surface area contributed by atoms with Crippen molar-refractivity contribution in [2.24, 2.45) is 0 Å². The summed E-state index contributed by atoms with van der Waals surface area (Å²) in [5.41, 5.74) is 4.04. The standard InChI is InChI=1S/C14H10INO/c1-9-12(15)8-7-11-13(16-17-14(9)11)10-5-3-2-4-6-10/h2-8H,1H3. The average Bonchev–Trinajstić information content (AvgIpc) is 2.79. The Labute approximate surface area is 113 Å². The molecule has 3 rings (SSSR count). The second-order valence-electron chi connectivity index (χ2n) is 3.95. The van der Waals surface area contributed by atoms with Crippen molar-refractivity contribution >= 4 is 33.6 Å². The van der Waals surface area contributed by atoms with Crippen LogP contribution in [0.2, 0.25) is 0 Å². The van der Waals surface area contributed by atoms with Crippen molar-refractivity contribution in [3.05, 3.63) is 51.6 Å². The predicted molar refractivity (Wildman–Crippen MR) is 76.9 cm³/mol. The van der Waals surface area contributed by atoms with Gasteiger partial charge in [0.2, 0.25) is 0 Å². The minimum atomic E-state index is 0.885. The smallest absolute Gasteiger partial charge is 0.171 e. The third-order valence-corrected chi connectivity index (χ3v) is 4.04. The number of hydrogen-bond acceptors (Lipinski definition) is 2. The molecule has 0 saturated carbocycles. The zero-order valence-electron chi connectivity index (χ0n) is 9.27.